The summed E-state index contributed by atoms with van der Waals surface area (Å²) in [6, 6.07) is 6.46. The molecule has 1 aromatic carbocycles. The molecule has 2 atom stereocenters. The maximum atomic E-state index is 12.8. The van der Waals surface area contributed by atoms with Gasteiger partial charge in [-0.2, -0.15) is 4.31 Å². The van der Waals surface area contributed by atoms with Crippen LogP contribution in [-0.2, 0) is 10.0 Å². The lowest BCUT2D eigenvalue weighted by molar-refractivity contribution is 0.0739. The van der Waals surface area contributed by atoms with E-state index in [1.807, 2.05) is 19.0 Å². The van der Waals surface area contributed by atoms with Crippen LogP contribution in [0.25, 0.3) is 0 Å². The average Bonchev–Trinajstić information content (AvgIpc) is 2.69. The molecule has 7 heteroatoms. The molecule has 1 heterocycles. The highest BCUT2D eigenvalue weighted by atomic mass is 32.2. The number of aliphatic hydroxyl groups excluding tert-OH is 1. The number of ether oxygens (including phenoxy) is 1. The second-order valence-electron chi connectivity index (χ2n) is 5.76. The molecule has 0 aromatic heterocycles. The van der Waals surface area contributed by atoms with Crippen LogP contribution in [0.4, 0.5) is 0 Å². The quantitative estimate of drug-likeness (QED) is 0.884. The van der Waals surface area contributed by atoms with Crippen molar-refractivity contribution in [2.24, 2.45) is 0 Å². The van der Waals surface area contributed by atoms with Crippen molar-refractivity contribution in [1.29, 1.82) is 0 Å². The van der Waals surface area contributed by atoms with Crippen LogP contribution in [0.3, 0.4) is 0 Å². The van der Waals surface area contributed by atoms with E-state index in [1.54, 1.807) is 18.2 Å². The Morgan fingerprint density at radius 3 is 2.59 bits per heavy atom. The van der Waals surface area contributed by atoms with Gasteiger partial charge >= 0.3 is 0 Å². The number of benzene rings is 1. The van der Waals surface area contributed by atoms with Crippen LogP contribution in [0.15, 0.2) is 29.2 Å². The molecule has 0 amide bonds. The van der Waals surface area contributed by atoms with E-state index in [0.29, 0.717) is 31.7 Å². The molecule has 1 aliphatic rings. The maximum absolute atomic E-state index is 12.8. The van der Waals surface area contributed by atoms with E-state index < -0.39 is 16.1 Å². The summed E-state index contributed by atoms with van der Waals surface area (Å²) >= 11 is 0. The van der Waals surface area contributed by atoms with Gasteiger partial charge in [0.15, 0.2) is 0 Å². The third-order valence-corrected chi connectivity index (χ3v) is 6.03. The number of hydrogen-bond acceptors (Lipinski definition) is 5. The number of hydrogen-bond donors (Lipinski definition) is 1. The van der Waals surface area contributed by atoms with Crippen molar-refractivity contribution in [3.8, 4) is 5.75 Å². The van der Waals surface area contributed by atoms with Crippen LogP contribution in [0, 0.1) is 0 Å². The molecule has 0 spiro atoms. The highest BCUT2D eigenvalue weighted by Gasteiger charge is 2.32. The summed E-state index contributed by atoms with van der Waals surface area (Å²) in [7, 11) is 1.75. The monoisotopic (exact) mass is 328 g/mol. The number of methoxy groups -OCH3 is 1. The molecule has 0 bridgehead atoms. The van der Waals surface area contributed by atoms with Crippen LogP contribution in [0.1, 0.15) is 12.8 Å². The average molecular weight is 328 g/mol. The fourth-order valence-corrected chi connectivity index (χ4v) is 4.31. The fourth-order valence-electron chi connectivity index (χ4n) is 2.80. The third-order valence-electron chi connectivity index (χ3n) is 4.13. The third kappa shape index (κ3) is 3.60. The van der Waals surface area contributed by atoms with Crippen LogP contribution >= 0.6 is 0 Å². The zero-order valence-electron chi connectivity index (χ0n) is 13.3. The molecule has 1 aromatic rings. The molecule has 0 radical (unpaired) electrons. The molecule has 1 aliphatic heterocycles. The minimum Gasteiger partial charge on any atom is -0.497 e. The summed E-state index contributed by atoms with van der Waals surface area (Å²) < 4.78 is 32.1. The first-order chi connectivity index (χ1) is 10.4. The Labute approximate surface area is 132 Å². The zero-order valence-corrected chi connectivity index (χ0v) is 14.1. The zero-order chi connectivity index (χ0) is 16.3. The van der Waals surface area contributed by atoms with Gasteiger partial charge in [-0.3, -0.25) is 0 Å². The lowest BCUT2D eigenvalue weighted by Crippen LogP contribution is -2.38. The van der Waals surface area contributed by atoms with Gasteiger partial charge in [0.05, 0.1) is 18.1 Å². The first kappa shape index (κ1) is 17.2. The molecule has 22 heavy (non-hydrogen) atoms. The summed E-state index contributed by atoms with van der Waals surface area (Å²) in [6.45, 7) is 0.727. The van der Waals surface area contributed by atoms with Crippen LogP contribution in [0.5, 0.6) is 5.75 Å². The molecular formula is C15H24N2O4S. The van der Waals surface area contributed by atoms with Gasteiger partial charge in [-0.25, -0.2) is 8.42 Å². The van der Waals surface area contributed by atoms with E-state index in [1.165, 1.54) is 17.5 Å². The Hall–Kier alpha value is -1.15. The van der Waals surface area contributed by atoms with Gasteiger partial charge in [0.2, 0.25) is 10.0 Å². The predicted molar refractivity (Wildman–Crippen MR) is 84.5 cm³/mol. The molecule has 6 nitrogen and oxygen atoms in total. The summed E-state index contributed by atoms with van der Waals surface area (Å²) in [5.41, 5.74) is 0. The van der Waals surface area contributed by atoms with Crippen molar-refractivity contribution in [3.05, 3.63) is 24.3 Å². The molecule has 1 saturated heterocycles. The van der Waals surface area contributed by atoms with Crippen LogP contribution in [-0.4, -0.2) is 69.2 Å². The Kier molecular flexibility index (Phi) is 5.44. The summed E-state index contributed by atoms with van der Waals surface area (Å²) in [4.78, 5) is 2.18. The fraction of sp³-hybridized carbons (Fsp3) is 0.600. The van der Waals surface area contributed by atoms with Crippen molar-refractivity contribution >= 4 is 10.0 Å². The van der Waals surface area contributed by atoms with E-state index in [0.717, 1.165) is 0 Å². The van der Waals surface area contributed by atoms with Gasteiger partial charge in [-0.05, 0) is 39.1 Å². The number of aliphatic hydroxyl groups is 1. The molecule has 1 N–H and O–H groups in total. The molecular weight excluding hydrogens is 304 g/mol. The topological polar surface area (TPSA) is 70.1 Å². The number of nitrogens with zero attached hydrogens (tertiary/aromatic N) is 2. The van der Waals surface area contributed by atoms with Gasteiger partial charge in [0.25, 0.3) is 0 Å². The Morgan fingerprint density at radius 2 is 1.95 bits per heavy atom. The number of likely N-dealkylation sites (N-methyl/N-ethyl adjacent to an activating group) is 1. The van der Waals surface area contributed by atoms with E-state index in [9.17, 15) is 13.5 Å². The van der Waals surface area contributed by atoms with Crippen LogP contribution < -0.4 is 4.74 Å². The van der Waals surface area contributed by atoms with Crippen molar-refractivity contribution in [1.82, 2.24) is 9.21 Å². The highest BCUT2D eigenvalue weighted by Crippen LogP contribution is 2.24. The summed E-state index contributed by atoms with van der Waals surface area (Å²) in [5, 5.41) is 10.2. The van der Waals surface area contributed by atoms with Gasteiger partial charge in [0.1, 0.15) is 5.75 Å². The molecule has 2 rings (SSSR count). The highest BCUT2D eigenvalue weighted by molar-refractivity contribution is 7.89. The lowest BCUT2D eigenvalue weighted by Gasteiger charge is -2.26. The predicted octanol–water partition coefficient (Wildman–Crippen LogP) is 0.771. The molecule has 1 fully saturated rings. The van der Waals surface area contributed by atoms with E-state index >= 15 is 0 Å². The Morgan fingerprint density at radius 1 is 1.27 bits per heavy atom. The van der Waals surface area contributed by atoms with E-state index in [4.69, 9.17) is 4.74 Å². The second kappa shape index (κ2) is 6.95. The second-order valence-corrected chi connectivity index (χ2v) is 7.70. The number of sulfonamides is 1. The standard InChI is InChI=1S/C15H24N2O4S/c1-16(2)14-7-9-17(10-8-15(14)18)22(19,20)13-6-4-5-12(11-13)21-3/h4-6,11,14-15,18H,7-10H2,1-3H3/t14-,15-/m0/s1. The molecule has 0 unspecified atom stereocenters. The Balaban J connectivity index is 2.22. The van der Waals surface area contributed by atoms with Gasteiger partial charge in [-0.1, -0.05) is 6.07 Å². The first-order valence-corrected chi connectivity index (χ1v) is 8.79. The molecule has 124 valence electrons. The number of rotatable bonds is 4. The SMILES string of the molecule is COc1cccc(S(=O)(=O)N2CC[C@H](O)[C@@H](N(C)C)CC2)c1. The van der Waals surface area contributed by atoms with Crippen molar-refractivity contribution < 1.29 is 18.3 Å². The normalized spacial score (nSPS) is 24.2. The van der Waals surface area contributed by atoms with Crippen molar-refractivity contribution in [3.63, 3.8) is 0 Å². The minimum atomic E-state index is -3.57. The van der Waals surface area contributed by atoms with Crippen molar-refractivity contribution in [2.75, 3.05) is 34.3 Å². The van der Waals surface area contributed by atoms with Crippen molar-refractivity contribution in [2.45, 2.75) is 29.9 Å². The van der Waals surface area contributed by atoms with E-state index in [-0.39, 0.29) is 10.9 Å². The first-order valence-electron chi connectivity index (χ1n) is 7.35. The minimum absolute atomic E-state index is 0.0227. The maximum Gasteiger partial charge on any atom is 0.243 e. The largest absolute Gasteiger partial charge is 0.497 e. The van der Waals surface area contributed by atoms with E-state index in [2.05, 4.69) is 0 Å². The van der Waals surface area contributed by atoms with Crippen LogP contribution in [0.2, 0.25) is 0 Å². The Bertz CT molecular complexity index is 603. The lowest BCUT2D eigenvalue weighted by atomic mass is 10.1. The molecule has 0 aliphatic carbocycles. The molecule has 0 saturated carbocycles. The smallest absolute Gasteiger partial charge is 0.243 e. The van der Waals surface area contributed by atoms with Gasteiger partial charge in [-0.15, -0.1) is 0 Å². The summed E-state index contributed by atoms with van der Waals surface area (Å²) in [5.74, 6) is 0.516. The van der Waals surface area contributed by atoms with Gasteiger partial charge < -0.3 is 14.7 Å². The van der Waals surface area contributed by atoms with Gasteiger partial charge in [0, 0.05) is 25.2 Å². The summed E-state index contributed by atoms with van der Waals surface area (Å²) in [6.07, 6.45) is 0.532.